The predicted octanol–water partition coefficient (Wildman–Crippen LogP) is 2.26. The van der Waals surface area contributed by atoms with Gasteiger partial charge in [-0.3, -0.25) is 4.79 Å². The number of aromatic nitrogens is 2. The number of hydrogen-bond donors (Lipinski definition) is 0. The minimum Gasteiger partial charge on any atom is -0.464 e. The van der Waals surface area contributed by atoms with Crippen LogP contribution in [0.2, 0.25) is 0 Å². The van der Waals surface area contributed by atoms with Crippen molar-refractivity contribution in [2.45, 2.75) is 19.4 Å². The minimum atomic E-state index is -0.676. The van der Waals surface area contributed by atoms with Gasteiger partial charge in [0.15, 0.2) is 5.78 Å². The van der Waals surface area contributed by atoms with Crippen molar-refractivity contribution in [1.82, 2.24) is 9.55 Å². The Kier molecular flexibility index (Phi) is 4.65. The Hall–Kier alpha value is -2.43. The van der Waals surface area contributed by atoms with Crippen molar-refractivity contribution in [2.24, 2.45) is 0 Å². The Bertz CT molecular complexity index is 564. The largest absolute Gasteiger partial charge is 0.464 e. The topological polar surface area (TPSA) is 61.2 Å². The van der Waals surface area contributed by atoms with Gasteiger partial charge in [0.25, 0.3) is 0 Å². The maximum Gasteiger partial charge on any atom is 0.329 e. The van der Waals surface area contributed by atoms with E-state index in [4.69, 9.17) is 4.74 Å². The number of benzene rings is 1. The van der Waals surface area contributed by atoms with Crippen LogP contribution in [0, 0.1) is 0 Å². The Morgan fingerprint density at radius 2 is 2.05 bits per heavy atom. The zero-order valence-corrected chi connectivity index (χ0v) is 11.2. The summed E-state index contributed by atoms with van der Waals surface area (Å²) in [6.45, 7) is 2.02. The van der Waals surface area contributed by atoms with Crippen LogP contribution in [0.3, 0.4) is 0 Å². The van der Waals surface area contributed by atoms with E-state index in [0.717, 1.165) is 0 Å². The molecule has 0 aliphatic rings. The summed E-state index contributed by atoms with van der Waals surface area (Å²) in [6.07, 6.45) is 4.79. The minimum absolute atomic E-state index is 0.0548. The Morgan fingerprint density at radius 1 is 1.30 bits per heavy atom. The molecule has 0 spiro atoms. The zero-order chi connectivity index (χ0) is 14.4. The molecule has 1 unspecified atom stereocenters. The first-order valence-electron chi connectivity index (χ1n) is 6.44. The van der Waals surface area contributed by atoms with Gasteiger partial charge in [-0.05, 0) is 6.92 Å². The lowest BCUT2D eigenvalue weighted by Gasteiger charge is -2.16. The van der Waals surface area contributed by atoms with Crippen molar-refractivity contribution in [3.8, 4) is 0 Å². The summed E-state index contributed by atoms with van der Waals surface area (Å²) in [6, 6.07) is 8.23. The fraction of sp³-hybridized carbons (Fsp3) is 0.267. The van der Waals surface area contributed by atoms with Crippen molar-refractivity contribution < 1.29 is 14.3 Å². The van der Waals surface area contributed by atoms with Crippen LogP contribution in [0.5, 0.6) is 0 Å². The summed E-state index contributed by atoms with van der Waals surface area (Å²) in [5.41, 5.74) is 0.585. The summed E-state index contributed by atoms with van der Waals surface area (Å²) in [7, 11) is 0. The van der Waals surface area contributed by atoms with Gasteiger partial charge < -0.3 is 9.30 Å². The summed E-state index contributed by atoms with van der Waals surface area (Å²) in [5.74, 6) is -0.521. The molecule has 2 aromatic rings. The molecule has 1 aromatic heterocycles. The van der Waals surface area contributed by atoms with Gasteiger partial charge in [0.2, 0.25) is 0 Å². The molecule has 1 heterocycles. The number of ether oxygens (including phenoxy) is 1. The Balaban J connectivity index is 2.16. The van der Waals surface area contributed by atoms with E-state index in [9.17, 15) is 9.59 Å². The summed E-state index contributed by atoms with van der Waals surface area (Å²) in [5, 5.41) is 0. The molecule has 0 amide bonds. The van der Waals surface area contributed by atoms with E-state index >= 15 is 0 Å². The lowest BCUT2D eigenvalue weighted by atomic mass is 10.0. The number of carbonyl (C=O) groups is 2. The maximum absolute atomic E-state index is 12.2. The number of nitrogens with zero attached hydrogens (tertiary/aromatic N) is 2. The third-order valence-corrected chi connectivity index (χ3v) is 2.92. The molecule has 0 saturated heterocycles. The van der Waals surface area contributed by atoms with Crippen molar-refractivity contribution in [2.75, 3.05) is 6.61 Å². The highest BCUT2D eigenvalue weighted by Gasteiger charge is 2.25. The van der Waals surface area contributed by atoms with Crippen molar-refractivity contribution in [3.63, 3.8) is 0 Å². The van der Waals surface area contributed by atoms with E-state index in [1.165, 1.54) is 6.33 Å². The molecular formula is C15H16N2O3. The number of esters is 1. The first-order chi connectivity index (χ1) is 9.72. The molecule has 0 bridgehead atoms. The fourth-order valence-corrected chi connectivity index (χ4v) is 1.92. The van der Waals surface area contributed by atoms with Gasteiger partial charge in [-0.15, -0.1) is 0 Å². The molecule has 1 aromatic carbocycles. The van der Waals surface area contributed by atoms with E-state index in [1.54, 1.807) is 48.1 Å². The van der Waals surface area contributed by atoms with Crippen molar-refractivity contribution >= 4 is 11.8 Å². The lowest BCUT2D eigenvalue weighted by Crippen LogP contribution is -2.24. The molecular weight excluding hydrogens is 256 g/mol. The number of Topliss-reactive ketones (excluding diaryl/α,β-unsaturated/α-hetero) is 1. The van der Waals surface area contributed by atoms with Crippen LogP contribution in [0.25, 0.3) is 0 Å². The van der Waals surface area contributed by atoms with Gasteiger partial charge in [0, 0.05) is 24.4 Å². The summed E-state index contributed by atoms with van der Waals surface area (Å²) < 4.78 is 6.62. The third kappa shape index (κ3) is 3.32. The van der Waals surface area contributed by atoms with Gasteiger partial charge in [-0.25, -0.2) is 9.78 Å². The molecule has 0 saturated carbocycles. The van der Waals surface area contributed by atoms with Crippen molar-refractivity contribution in [3.05, 3.63) is 54.6 Å². The molecule has 0 fully saturated rings. The number of rotatable bonds is 6. The molecule has 5 heteroatoms. The van der Waals surface area contributed by atoms with Crippen LogP contribution < -0.4 is 0 Å². The second-order valence-electron chi connectivity index (χ2n) is 4.27. The van der Waals surface area contributed by atoms with Crippen LogP contribution in [0.15, 0.2) is 49.1 Å². The predicted molar refractivity (Wildman–Crippen MR) is 73.3 cm³/mol. The van der Waals surface area contributed by atoms with Crippen LogP contribution in [0.1, 0.15) is 29.7 Å². The van der Waals surface area contributed by atoms with E-state index in [0.29, 0.717) is 5.56 Å². The standard InChI is InChI=1S/C15H16N2O3/c1-2-20-15(19)13(17-9-8-16-11-17)10-14(18)12-6-4-3-5-7-12/h3-9,11,13H,2,10H2,1H3. The van der Waals surface area contributed by atoms with Gasteiger partial charge in [0.1, 0.15) is 6.04 Å². The molecule has 104 valence electrons. The normalized spacial score (nSPS) is 11.8. The smallest absolute Gasteiger partial charge is 0.329 e. The molecule has 0 aliphatic carbocycles. The number of ketones is 1. The average Bonchev–Trinajstić information content (AvgIpc) is 2.99. The summed E-state index contributed by atoms with van der Waals surface area (Å²) in [4.78, 5) is 28.1. The van der Waals surface area contributed by atoms with Crippen LogP contribution >= 0.6 is 0 Å². The molecule has 5 nitrogen and oxygen atoms in total. The molecule has 0 radical (unpaired) electrons. The second-order valence-corrected chi connectivity index (χ2v) is 4.27. The number of imidazole rings is 1. The number of carbonyl (C=O) groups excluding carboxylic acids is 2. The SMILES string of the molecule is CCOC(=O)C(CC(=O)c1ccccc1)n1ccnc1. The highest BCUT2D eigenvalue weighted by Crippen LogP contribution is 2.17. The van der Waals surface area contributed by atoms with Gasteiger partial charge in [0.05, 0.1) is 12.9 Å². The molecule has 0 N–H and O–H groups in total. The molecule has 20 heavy (non-hydrogen) atoms. The van der Waals surface area contributed by atoms with Gasteiger partial charge in [-0.2, -0.15) is 0 Å². The first kappa shape index (κ1) is 14.0. The average molecular weight is 272 g/mol. The van der Waals surface area contributed by atoms with Gasteiger partial charge in [-0.1, -0.05) is 30.3 Å². The lowest BCUT2D eigenvalue weighted by molar-refractivity contribution is -0.147. The Morgan fingerprint density at radius 3 is 2.65 bits per heavy atom. The van der Waals surface area contributed by atoms with E-state index < -0.39 is 12.0 Å². The first-order valence-corrected chi connectivity index (χ1v) is 6.44. The highest BCUT2D eigenvalue weighted by molar-refractivity contribution is 5.98. The molecule has 2 rings (SSSR count). The van der Waals surface area contributed by atoms with E-state index in [2.05, 4.69) is 4.98 Å². The highest BCUT2D eigenvalue weighted by atomic mass is 16.5. The van der Waals surface area contributed by atoms with Crippen LogP contribution in [0.4, 0.5) is 0 Å². The monoisotopic (exact) mass is 272 g/mol. The zero-order valence-electron chi connectivity index (χ0n) is 11.2. The van der Waals surface area contributed by atoms with Crippen LogP contribution in [-0.2, 0) is 9.53 Å². The van der Waals surface area contributed by atoms with Gasteiger partial charge >= 0.3 is 5.97 Å². The fourth-order valence-electron chi connectivity index (χ4n) is 1.92. The second kappa shape index (κ2) is 6.65. The molecule has 0 aliphatic heterocycles. The quantitative estimate of drug-likeness (QED) is 0.598. The summed E-state index contributed by atoms with van der Waals surface area (Å²) >= 11 is 0. The van der Waals surface area contributed by atoms with Crippen molar-refractivity contribution in [1.29, 1.82) is 0 Å². The number of hydrogen-bond acceptors (Lipinski definition) is 4. The van der Waals surface area contributed by atoms with E-state index in [1.807, 2.05) is 6.07 Å². The third-order valence-electron chi connectivity index (χ3n) is 2.92. The maximum atomic E-state index is 12.2. The Labute approximate surface area is 117 Å². The van der Waals surface area contributed by atoms with E-state index in [-0.39, 0.29) is 18.8 Å². The molecule has 1 atom stereocenters. The van der Waals surface area contributed by atoms with Crippen LogP contribution in [-0.4, -0.2) is 27.9 Å².